The van der Waals surface area contributed by atoms with Crippen molar-refractivity contribution >= 4 is 29.0 Å². The second-order valence-electron chi connectivity index (χ2n) is 11.2. The van der Waals surface area contributed by atoms with E-state index in [9.17, 15) is 0 Å². The summed E-state index contributed by atoms with van der Waals surface area (Å²) in [6.07, 6.45) is 5.39. The highest BCUT2D eigenvalue weighted by molar-refractivity contribution is 5.96. The van der Waals surface area contributed by atoms with Crippen molar-refractivity contribution in [2.24, 2.45) is 4.99 Å². The molecule has 3 heteroatoms. The number of nitrogens with one attached hydrogen (secondary N) is 1. The van der Waals surface area contributed by atoms with Crippen LogP contribution >= 0.6 is 0 Å². The first kappa shape index (κ1) is 38.0. The van der Waals surface area contributed by atoms with Gasteiger partial charge < -0.3 is 9.73 Å². The number of furan rings is 1. The number of aryl methyl sites for hydroxylation is 3. The normalized spacial score (nSPS) is 10.8. The van der Waals surface area contributed by atoms with E-state index in [0.717, 1.165) is 41.9 Å². The molecule has 0 radical (unpaired) electrons. The van der Waals surface area contributed by atoms with E-state index in [0.29, 0.717) is 6.54 Å². The van der Waals surface area contributed by atoms with Crippen LogP contribution in [0.1, 0.15) is 55.2 Å². The standard InChI is InChI=1S/C20H17NO.C9H11N.C8H10.C7H8.C2H6/c1-21-13-16-8-5-9-19-20(16)17-12-15(10-11-18(17)22-19)14-6-3-2-4-7-14;1-8(10-2)9-6-4-3-5-7-9;1-2-8-6-4-3-5-7-8;1-7-5-3-2-4-6-7;1-2/h2-4,6-8,10-12H,1,5,9,13H2;3-7,10H,1H2,2H3;3-7H,2H2,1H3;2-6H,1H3;1-2H3. The fraction of sp³-hybridized carbons (Fsp3) is 0.196. The summed E-state index contributed by atoms with van der Waals surface area (Å²) in [7, 11) is 1.87. The molecule has 0 unspecified atom stereocenters. The molecule has 5 aromatic carbocycles. The molecule has 0 bridgehead atoms. The maximum atomic E-state index is 6.06. The quantitative estimate of drug-likeness (QED) is 0.183. The van der Waals surface area contributed by atoms with Crippen LogP contribution in [0.25, 0.3) is 33.4 Å². The average Bonchev–Trinajstić information content (AvgIpc) is 3.56. The summed E-state index contributed by atoms with van der Waals surface area (Å²) in [5, 5.41) is 4.17. The van der Waals surface area contributed by atoms with Crippen LogP contribution in [-0.4, -0.2) is 20.3 Å². The van der Waals surface area contributed by atoms with E-state index in [2.05, 4.69) is 122 Å². The van der Waals surface area contributed by atoms with Crippen molar-refractivity contribution in [2.75, 3.05) is 13.6 Å². The Balaban J connectivity index is 0.000000200. The molecule has 0 spiro atoms. The van der Waals surface area contributed by atoms with Crippen LogP contribution in [-0.2, 0) is 12.8 Å². The highest BCUT2D eigenvalue weighted by Crippen LogP contribution is 2.37. The summed E-state index contributed by atoms with van der Waals surface area (Å²) in [5.74, 6) is 1.08. The van der Waals surface area contributed by atoms with Crippen molar-refractivity contribution in [2.45, 2.75) is 47.0 Å². The van der Waals surface area contributed by atoms with Crippen molar-refractivity contribution in [1.29, 1.82) is 0 Å². The molecule has 1 aliphatic rings. The number of aliphatic imine (C=N–C) groups is 1. The molecule has 0 atom stereocenters. The highest BCUT2D eigenvalue weighted by atomic mass is 16.3. The summed E-state index contributed by atoms with van der Waals surface area (Å²) >= 11 is 0. The number of hydrogen-bond acceptors (Lipinski definition) is 3. The Morgan fingerprint density at radius 3 is 1.84 bits per heavy atom. The van der Waals surface area contributed by atoms with Gasteiger partial charge in [-0.2, -0.15) is 0 Å². The largest absolute Gasteiger partial charge is 0.460 e. The Morgan fingerprint density at radius 1 is 0.755 bits per heavy atom. The lowest BCUT2D eigenvalue weighted by Gasteiger charge is -2.11. The number of hydrogen-bond donors (Lipinski definition) is 1. The van der Waals surface area contributed by atoms with Gasteiger partial charge in [-0.25, -0.2) is 0 Å². The molecule has 0 amide bonds. The number of allylic oxidation sites excluding steroid dienone is 1. The molecule has 3 nitrogen and oxygen atoms in total. The molecule has 1 aromatic heterocycles. The predicted molar refractivity (Wildman–Crippen MR) is 215 cm³/mol. The SMILES string of the molecule is C=C(NC)c1ccccc1.C=NCC1=CCCc2oc3ccc(-c4ccccc4)cc3c21.CC.CCc1ccccc1.Cc1ccccc1. The van der Waals surface area contributed by atoms with Gasteiger partial charge in [-0.1, -0.05) is 166 Å². The fourth-order valence-electron chi connectivity index (χ4n) is 5.26. The molecular weight excluding hydrogens is 597 g/mol. The second-order valence-corrected chi connectivity index (χ2v) is 11.2. The molecular formula is C46H52N2O. The fourth-order valence-corrected chi connectivity index (χ4v) is 5.26. The van der Waals surface area contributed by atoms with Crippen molar-refractivity contribution < 1.29 is 4.42 Å². The summed E-state index contributed by atoms with van der Waals surface area (Å²) in [6.45, 7) is 16.4. The molecule has 7 rings (SSSR count). The molecule has 0 fully saturated rings. The Kier molecular flexibility index (Phi) is 16.7. The molecule has 1 N–H and O–H groups in total. The van der Waals surface area contributed by atoms with Crippen LogP contribution in [0.3, 0.4) is 0 Å². The Hall–Kier alpha value is -5.41. The highest BCUT2D eigenvalue weighted by Gasteiger charge is 2.20. The van der Waals surface area contributed by atoms with Crippen LogP contribution in [0.5, 0.6) is 0 Å². The number of benzene rings is 5. The predicted octanol–water partition coefficient (Wildman–Crippen LogP) is 12.3. The van der Waals surface area contributed by atoms with Gasteiger partial charge in [0.1, 0.15) is 11.3 Å². The number of fused-ring (bicyclic) bond motifs is 3. The van der Waals surface area contributed by atoms with E-state index in [-0.39, 0.29) is 0 Å². The van der Waals surface area contributed by atoms with Crippen molar-refractivity contribution in [3.8, 4) is 11.1 Å². The zero-order valence-corrected chi connectivity index (χ0v) is 30.0. The van der Waals surface area contributed by atoms with Gasteiger partial charge in [-0.05, 0) is 66.4 Å². The third-order valence-electron chi connectivity index (χ3n) is 7.85. The smallest absolute Gasteiger partial charge is 0.134 e. The van der Waals surface area contributed by atoms with Crippen LogP contribution in [0, 0.1) is 6.92 Å². The van der Waals surface area contributed by atoms with Gasteiger partial charge in [0.2, 0.25) is 0 Å². The average molecular weight is 649 g/mol. The van der Waals surface area contributed by atoms with Gasteiger partial charge in [0.25, 0.3) is 0 Å². The van der Waals surface area contributed by atoms with Crippen LogP contribution in [0.15, 0.2) is 162 Å². The van der Waals surface area contributed by atoms with E-state index in [4.69, 9.17) is 4.42 Å². The third kappa shape index (κ3) is 12.0. The molecule has 49 heavy (non-hydrogen) atoms. The van der Waals surface area contributed by atoms with Gasteiger partial charge in [0, 0.05) is 30.1 Å². The van der Waals surface area contributed by atoms with Crippen LogP contribution in [0.4, 0.5) is 0 Å². The molecule has 0 saturated carbocycles. The van der Waals surface area contributed by atoms with Gasteiger partial charge in [-0.3, -0.25) is 4.99 Å². The molecule has 1 aliphatic carbocycles. The summed E-state index contributed by atoms with van der Waals surface area (Å²) in [5.41, 5.74) is 10.7. The van der Waals surface area contributed by atoms with Gasteiger partial charge >= 0.3 is 0 Å². The first-order chi connectivity index (χ1) is 24.0. The van der Waals surface area contributed by atoms with E-state index in [1.165, 1.54) is 38.8 Å². The summed E-state index contributed by atoms with van der Waals surface area (Å²) < 4.78 is 6.06. The summed E-state index contributed by atoms with van der Waals surface area (Å²) in [4.78, 5) is 4.07. The minimum Gasteiger partial charge on any atom is -0.460 e. The molecule has 1 heterocycles. The van der Waals surface area contributed by atoms with Crippen molar-refractivity contribution in [1.82, 2.24) is 5.32 Å². The van der Waals surface area contributed by atoms with E-state index in [1.54, 1.807) is 0 Å². The third-order valence-corrected chi connectivity index (χ3v) is 7.85. The molecule has 0 aliphatic heterocycles. The Morgan fingerprint density at radius 2 is 1.33 bits per heavy atom. The molecule has 0 saturated heterocycles. The van der Waals surface area contributed by atoms with Gasteiger partial charge in [0.05, 0.1) is 6.54 Å². The molecule has 6 aromatic rings. The zero-order chi connectivity index (χ0) is 35.3. The maximum absolute atomic E-state index is 6.06. The number of nitrogens with zero attached hydrogens (tertiary/aromatic N) is 1. The van der Waals surface area contributed by atoms with Crippen molar-refractivity contribution in [3.63, 3.8) is 0 Å². The summed E-state index contributed by atoms with van der Waals surface area (Å²) in [6, 6.07) is 47.6. The van der Waals surface area contributed by atoms with Crippen LogP contribution < -0.4 is 5.32 Å². The topological polar surface area (TPSA) is 37.5 Å². The Labute approximate surface area is 294 Å². The maximum Gasteiger partial charge on any atom is 0.134 e. The van der Waals surface area contributed by atoms with Crippen LogP contribution in [0.2, 0.25) is 0 Å². The van der Waals surface area contributed by atoms with Crippen molar-refractivity contribution in [3.05, 3.63) is 180 Å². The zero-order valence-electron chi connectivity index (χ0n) is 30.0. The molecule has 252 valence electrons. The Bertz CT molecular complexity index is 1840. The van der Waals surface area contributed by atoms with Gasteiger partial charge in [0.15, 0.2) is 0 Å². The lowest BCUT2D eigenvalue weighted by atomic mass is 9.93. The van der Waals surface area contributed by atoms with E-state index >= 15 is 0 Å². The first-order valence-electron chi connectivity index (χ1n) is 17.2. The van der Waals surface area contributed by atoms with E-state index in [1.807, 2.05) is 81.6 Å². The minimum atomic E-state index is 0.650. The lowest BCUT2D eigenvalue weighted by Crippen LogP contribution is -2.01. The monoisotopic (exact) mass is 648 g/mol. The van der Waals surface area contributed by atoms with Gasteiger partial charge in [-0.15, -0.1) is 0 Å². The minimum absolute atomic E-state index is 0.650. The first-order valence-corrected chi connectivity index (χ1v) is 17.2. The lowest BCUT2D eigenvalue weighted by molar-refractivity contribution is 0.545. The second kappa shape index (κ2) is 21.5. The van der Waals surface area contributed by atoms with E-state index < -0.39 is 0 Å². The number of rotatable bonds is 6.